The SMILES string of the molecule is COc1cc(C(C(=O)N2C[C@H](O)C[C@H]2c2ncc(C(=O)N(C)C)[nH]2)C(C)C)on1. The average molecular weight is 405 g/mol. The molecule has 0 saturated carbocycles. The number of amides is 2. The smallest absolute Gasteiger partial charge is 0.271 e. The predicted octanol–water partition coefficient (Wildman–Crippen LogP) is 1.18. The number of carbonyl (C=O) groups excluding carboxylic acids is 2. The average Bonchev–Trinajstić information content (AvgIpc) is 3.39. The van der Waals surface area contributed by atoms with Crippen molar-refractivity contribution in [3.63, 3.8) is 0 Å². The number of hydrogen-bond donors (Lipinski definition) is 2. The fourth-order valence-electron chi connectivity index (χ4n) is 3.60. The Kier molecular flexibility index (Phi) is 5.92. The highest BCUT2D eigenvalue weighted by Crippen LogP contribution is 2.36. The second-order valence-electron chi connectivity index (χ2n) is 7.77. The van der Waals surface area contributed by atoms with Crippen LogP contribution in [0.25, 0.3) is 0 Å². The molecule has 158 valence electrons. The van der Waals surface area contributed by atoms with E-state index in [0.29, 0.717) is 29.6 Å². The van der Waals surface area contributed by atoms with Gasteiger partial charge >= 0.3 is 0 Å². The Bertz CT molecular complexity index is 874. The minimum absolute atomic E-state index is 0.0685. The van der Waals surface area contributed by atoms with Crippen LogP contribution in [0.15, 0.2) is 16.8 Å². The van der Waals surface area contributed by atoms with Crippen molar-refractivity contribution in [2.75, 3.05) is 27.7 Å². The van der Waals surface area contributed by atoms with E-state index < -0.39 is 18.1 Å². The largest absolute Gasteiger partial charge is 0.479 e. The predicted molar refractivity (Wildman–Crippen MR) is 102 cm³/mol. The molecule has 0 bridgehead atoms. The van der Waals surface area contributed by atoms with Gasteiger partial charge in [-0.25, -0.2) is 4.98 Å². The van der Waals surface area contributed by atoms with Crippen LogP contribution in [0.5, 0.6) is 5.88 Å². The maximum Gasteiger partial charge on any atom is 0.271 e. The van der Waals surface area contributed by atoms with Crippen LogP contribution in [0.1, 0.15) is 54.3 Å². The molecule has 0 aliphatic carbocycles. The van der Waals surface area contributed by atoms with Crippen molar-refractivity contribution in [1.82, 2.24) is 24.9 Å². The van der Waals surface area contributed by atoms with Crippen LogP contribution in [0.2, 0.25) is 0 Å². The summed E-state index contributed by atoms with van der Waals surface area (Å²) in [5.74, 6) is 0.112. The molecule has 29 heavy (non-hydrogen) atoms. The number of ether oxygens (including phenoxy) is 1. The molecule has 10 nitrogen and oxygen atoms in total. The van der Waals surface area contributed by atoms with E-state index in [1.54, 1.807) is 25.1 Å². The monoisotopic (exact) mass is 405 g/mol. The molecule has 0 radical (unpaired) electrons. The Morgan fingerprint density at radius 2 is 2.14 bits per heavy atom. The summed E-state index contributed by atoms with van der Waals surface area (Å²) in [6.07, 6.45) is 1.10. The molecule has 2 amide bonds. The maximum atomic E-state index is 13.4. The number of methoxy groups -OCH3 is 1. The number of aliphatic hydroxyl groups excluding tert-OH is 1. The second-order valence-corrected chi connectivity index (χ2v) is 7.77. The lowest BCUT2D eigenvalue weighted by atomic mass is 9.91. The Hall–Kier alpha value is -2.88. The summed E-state index contributed by atoms with van der Waals surface area (Å²) < 4.78 is 10.4. The van der Waals surface area contributed by atoms with E-state index in [1.807, 2.05) is 13.8 Å². The molecule has 1 fully saturated rings. The summed E-state index contributed by atoms with van der Waals surface area (Å²) in [5, 5.41) is 14.1. The number of nitrogens with zero attached hydrogens (tertiary/aromatic N) is 4. The van der Waals surface area contributed by atoms with E-state index in [0.717, 1.165) is 0 Å². The Morgan fingerprint density at radius 3 is 2.72 bits per heavy atom. The highest BCUT2D eigenvalue weighted by Gasteiger charge is 2.42. The first-order valence-electron chi connectivity index (χ1n) is 9.48. The second kappa shape index (κ2) is 8.24. The Labute approximate surface area is 168 Å². The van der Waals surface area contributed by atoms with E-state index in [2.05, 4.69) is 15.1 Å². The van der Waals surface area contributed by atoms with Crippen LogP contribution in [0.3, 0.4) is 0 Å². The van der Waals surface area contributed by atoms with Crippen LogP contribution in [-0.2, 0) is 4.79 Å². The van der Waals surface area contributed by atoms with Crippen LogP contribution < -0.4 is 4.74 Å². The van der Waals surface area contributed by atoms with Crippen molar-refractivity contribution in [2.45, 2.75) is 38.3 Å². The van der Waals surface area contributed by atoms with E-state index in [-0.39, 0.29) is 24.3 Å². The summed E-state index contributed by atoms with van der Waals surface area (Å²) in [6, 6.07) is 1.14. The molecule has 0 spiro atoms. The summed E-state index contributed by atoms with van der Waals surface area (Å²) in [6.45, 7) is 4.01. The van der Waals surface area contributed by atoms with Gasteiger partial charge in [0.15, 0.2) is 5.76 Å². The van der Waals surface area contributed by atoms with Gasteiger partial charge in [0.25, 0.3) is 11.8 Å². The Balaban J connectivity index is 1.88. The number of rotatable bonds is 6. The molecule has 2 aromatic heterocycles. The molecule has 1 saturated heterocycles. The van der Waals surface area contributed by atoms with Crippen molar-refractivity contribution in [3.05, 3.63) is 29.5 Å². The third-order valence-corrected chi connectivity index (χ3v) is 5.06. The zero-order valence-corrected chi connectivity index (χ0v) is 17.2. The van der Waals surface area contributed by atoms with E-state index in [1.165, 1.54) is 18.2 Å². The molecule has 3 rings (SSSR count). The van der Waals surface area contributed by atoms with Crippen LogP contribution in [0, 0.1) is 5.92 Å². The van der Waals surface area contributed by atoms with Crippen molar-refractivity contribution in [1.29, 1.82) is 0 Å². The third kappa shape index (κ3) is 4.12. The summed E-state index contributed by atoms with van der Waals surface area (Å²) in [7, 11) is 4.78. The number of H-pyrrole nitrogens is 1. The number of imidazole rings is 1. The van der Waals surface area contributed by atoms with E-state index in [4.69, 9.17) is 9.26 Å². The quantitative estimate of drug-likeness (QED) is 0.739. The van der Waals surface area contributed by atoms with Gasteiger partial charge in [0.05, 0.1) is 25.5 Å². The van der Waals surface area contributed by atoms with Crippen LogP contribution in [-0.4, -0.2) is 75.7 Å². The standard InChI is InChI=1S/C19H27N5O5/c1-10(2)16(14-7-15(28-5)22-29-14)19(27)24-9-11(25)6-13(24)17-20-8-12(21-17)18(26)23(3)4/h7-8,10-11,13,16,25H,6,9H2,1-5H3,(H,20,21)/t11-,13+,16?/m1/s1. The number of aliphatic hydroxyl groups is 1. The fourth-order valence-corrected chi connectivity index (χ4v) is 3.60. The number of β-amino-alcohol motifs (C(OH)–C–C–N with tert-alkyl or cyclic N) is 1. The Morgan fingerprint density at radius 1 is 1.41 bits per heavy atom. The lowest BCUT2D eigenvalue weighted by Crippen LogP contribution is -2.37. The molecular formula is C19H27N5O5. The molecule has 10 heteroatoms. The zero-order chi connectivity index (χ0) is 21.3. The first-order chi connectivity index (χ1) is 13.7. The minimum atomic E-state index is -0.681. The van der Waals surface area contributed by atoms with Crippen molar-refractivity contribution in [2.24, 2.45) is 5.92 Å². The number of carbonyl (C=O) groups is 2. The van der Waals surface area contributed by atoms with Gasteiger partial charge in [-0.2, -0.15) is 0 Å². The normalized spacial score (nSPS) is 20.2. The van der Waals surface area contributed by atoms with Crippen LogP contribution >= 0.6 is 0 Å². The summed E-state index contributed by atoms with van der Waals surface area (Å²) in [5.41, 5.74) is 0.333. The van der Waals surface area contributed by atoms with Gasteiger partial charge in [0.1, 0.15) is 17.4 Å². The molecule has 3 atom stereocenters. The van der Waals surface area contributed by atoms with Gasteiger partial charge in [-0.05, 0) is 11.1 Å². The van der Waals surface area contributed by atoms with Gasteiger partial charge < -0.3 is 29.2 Å². The zero-order valence-electron chi connectivity index (χ0n) is 17.2. The highest BCUT2D eigenvalue weighted by atomic mass is 16.5. The van der Waals surface area contributed by atoms with Gasteiger partial charge in [-0.15, -0.1) is 0 Å². The third-order valence-electron chi connectivity index (χ3n) is 5.06. The molecular weight excluding hydrogens is 378 g/mol. The molecule has 1 aliphatic heterocycles. The molecule has 0 aromatic carbocycles. The van der Waals surface area contributed by atoms with E-state index >= 15 is 0 Å². The first kappa shape index (κ1) is 20.8. The summed E-state index contributed by atoms with van der Waals surface area (Å²) in [4.78, 5) is 35.9. The molecule has 1 aliphatic rings. The molecule has 2 N–H and O–H groups in total. The number of aromatic nitrogens is 3. The number of aromatic amines is 1. The van der Waals surface area contributed by atoms with Crippen molar-refractivity contribution < 1.29 is 24.0 Å². The van der Waals surface area contributed by atoms with Gasteiger partial charge in [-0.3, -0.25) is 9.59 Å². The van der Waals surface area contributed by atoms with Gasteiger partial charge in [0, 0.05) is 33.1 Å². The van der Waals surface area contributed by atoms with Crippen LogP contribution in [0.4, 0.5) is 0 Å². The minimum Gasteiger partial charge on any atom is -0.479 e. The maximum absolute atomic E-state index is 13.4. The van der Waals surface area contributed by atoms with Crippen molar-refractivity contribution >= 4 is 11.8 Å². The summed E-state index contributed by atoms with van der Waals surface area (Å²) >= 11 is 0. The van der Waals surface area contributed by atoms with Gasteiger partial charge in [-0.1, -0.05) is 13.8 Å². The molecule has 3 heterocycles. The number of hydrogen-bond acceptors (Lipinski definition) is 7. The number of likely N-dealkylation sites (tertiary alicyclic amines) is 1. The highest BCUT2D eigenvalue weighted by molar-refractivity contribution is 5.91. The first-order valence-corrected chi connectivity index (χ1v) is 9.48. The lowest BCUT2D eigenvalue weighted by molar-refractivity contribution is -0.135. The van der Waals surface area contributed by atoms with Gasteiger partial charge in [0.2, 0.25) is 5.91 Å². The number of nitrogens with one attached hydrogen (secondary N) is 1. The topological polar surface area (TPSA) is 125 Å². The fraction of sp³-hybridized carbons (Fsp3) is 0.579. The van der Waals surface area contributed by atoms with Crippen molar-refractivity contribution in [3.8, 4) is 5.88 Å². The lowest BCUT2D eigenvalue weighted by Gasteiger charge is -2.28. The van der Waals surface area contributed by atoms with E-state index in [9.17, 15) is 14.7 Å². The molecule has 1 unspecified atom stereocenters. The molecule has 2 aromatic rings.